The lowest BCUT2D eigenvalue weighted by Crippen LogP contribution is -2.53. The molecule has 1 heterocycles. The van der Waals surface area contributed by atoms with E-state index in [-0.39, 0.29) is 31.8 Å². The number of hydrogen-bond donors (Lipinski definition) is 5. The van der Waals surface area contributed by atoms with Crippen molar-refractivity contribution in [2.45, 2.75) is 45.2 Å². The third kappa shape index (κ3) is 8.80. The molecule has 3 aromatic carbocycles. The van der Waals surface area contributed by atoms with Crippen molar-refractivity contribution in [3.63, 3.8) is 0 Å². The molecule has 2 unspecified atom stereocenters. The van der Waals surface area contributed by atoms with Gasteiger partial charge < -0.3 is 15.3 Å². The number of hydroxylamine groups is 1. The molecular formula is C32H35N7O6. The number of nitrogens with one attached hydrogen (secondary N) is 3. The van der Waals surface area contributed by atoms with E-state index < -0.39 is 29.7 Å². The van der Waals surface area contributed by atoms with Crippen LogP contribution in [0.4, 0.5) is 0 Å². The van der Waals surface area contributed by atoms with Gasteiger partial charge in [-0.3, -0.25) is 19.6 Å². The van der Waals surface area contributed by atoms with Gasteiger partial charge in [0.1, 0.15) is 12.0 Å². The maximum absolute atomic E-state index is 13.2. The molecule has 0 aliphatic rings. The Labute approximate surface area is 259 Å². The average Bonchev–Trinajstić information content (AvgIpc) is 3.61. The molecule has 3 amide bonds. The molecule has 4 aromatic rings. The van der Waals surface area contributed by atoms with E-state index in [1.807, 2.05) is 55.5 Å². The second-order valence-corrected chi connectivity index (χ2v) is 10.5. The van der Waals surface area contributed by atoms with Crippen LogP contribution in [-0.2, 0) is 32.1 Å². The van der Waals surface area contributed by atoms with Crippen molar-refractivity contribution < 1.29 is 29.5 Å². The molecule has 0 fully saturated rings. The van der Waals surface area contributed by atoms with E-state index >= 15 is 0 Å². The molecule has 0 saturated heterocycles. The predicted octanol–water partition coefficient (Wildman–Crippen LogP) is 2.99. The molecule has 0 saturated carbocycles. The first kappa shape index (κ1) is 32.5. The summed E-state index contributed by atoms with van der Waals surface area (Å²) >= 11 is 0. The number of benzene rings is 3. The van der Waals surface area contributed by atoms with E-state index in [1.54, 1.807) is 30.3 Å². The highest BCUT2D eigenvalue weighted by Gasteiger charge is 2.32. The van der Waals surface area contributed by atoms with Crippen LogP contribution in [-0.4, -0.2) is 72.1 Å². The third-order valence-electron chi connectivity index (χ3n) is 7.29. The van der Waals surface area contributed by atoms with Gasteiger partial charge in [0.2, 0.25) is 17.6 Å². The van der Waals surface area contributed by atoms with Crippen molar-refractivity contribution in [3.8, 4) is 22.5 Å². The first-order valence-corrected chi connectivity index (χ1v) is 14.5. The fraction of sp³-hybridized carbons (Fsp3) is 0.281. The summed E-state index contributed by atoms with van der Waals surface area (Å²) in [5.41, 5.74) is 5.43. The summed E-state index contributed by atoms with van der Waals surface area (Å²) < 4.78 is 0. The normalized spacial score (nSPS) is 12.1. The number of rotatable bonds is 15. The lowest BCUT2D eigenvalue weighted by molar-refractivity contribution is -0.147. The first-order chi connectivity index (χ1) is 21.8. The molecule has 13 nitrogen and oxygen atoms in total. The van der Waals surface area contributed by atoms with Gasteiger partial charge in [-0.1, -0.05) is 92.2 Å². The van der Waals surface area contributed by atoms with Crippen molar-refractivity contribution in [1.82, 2.24) is 36.3 Å². The fourth-order valence-electron chi connectivity index (χ4n) is 4.87. The summed E-state index contributed by atoms with van der Waals surface area (Å²) in [5, 5.41) is 35.9. The van der Waals surface area contributed by atoms with Crippen LogP contribution in [0.25, 0.3) is 22.5 Å². The minimum Gasteiger partial charge on any atom is -0.480 e. The molecule has 0 aliphatic heterocycles. The van der Waals surface area contributed by atoms with Gasteiger partial charge in [0, 0.05) is 18.5 Å². The van der Waals surface area contributed by atoms with E-state index in [2.05, 4.69) is 25.9 Å². The topological polar surface area (TPSA) is 190 Å². The number of aromatic nitrogens is 4. The zero-order chi connectivity index (χ0) is 32.2. The number of carboxylic acid groups (broad SMARTS) is 1. The van der Waals surface area contributed by atoms with Crippen molar-refractivity contribution in [2.24, 2.45) is 5.92 Å². The highest BCUT2D eigenvalue weighted by molar-refractivity contribution is 6.01. The summed E-state index contributed by atoms with van der Waals surface area (Å²) in [7, 11) is 0. The number of carbonyl (C=O) groups is 4. The van der Waals surface area contributed by atoms with Gasteiger partial charge >= 0.3 is 5.97 Å². The predicted molar refractivity (Wildman–Crippen MR) is 163 cm³/mol. The Morgan fingerprint density at radius 3 is 2.20 bits per heavy atom. The summed E-state index contributed by atoms with van der Waals surface area (Å²) in [6, 6.07) is 22.2. The second-order valence-electron chi connectivity index (χ2n) is 10.5. The van der Waals surface area contributed by atoms with Gasteiger partial charge in [-0.2, -0.15) is 5.21 Å². The Balaban J connectivity index is 1.53. The van der Waals surface area contributed by atoms with Crippen LogP contribution >= 0.6 is 0 Å². The van der Waals surface area contributed by atoms with E-state index in [1.165, 1.54) is 10.4 Å². The van der Waals surface area contributed by atoms with Crippen LogP contribution in [0, 0.1) is 5.92 Å². The molecule has 234 valence electrons. The van der Waals surface area contributed by atoms with E-state index in [9.17, 15) is 29.5 Å². The van der Waals surface area contributed by atoms with Gasteiger partial charge in [0.05, 0.1) is 6.54 Å². The number of carbonyl (C=O) groups excluding carboxylic acids is 3. The number of carboxylic acids is 1. The molecule has 0 radical (unpaired) electrons. The molecule has 1 aromatic heterocycles. The number of H-pyrrole nitrogens is 1. The Bertz CT molecular complexity index is 1580. The Morgan fingerprint density at radius 2 is 1.58 bits per heavy atom. The van der Waals surface area contributed by atoms with Crippen molar-refractivity contribution in [2.75, 3.05) is 6.54 Å². The number of aliphatic carboxylic acids is 1. The average molecular weight is 614 g/mol. The number of unbranched alkanes of at least 4 members (excludes halogenated alkanes) is 1. The monoisotopic (exact) mass is 613 g/mol. The summed E-state index contributed by atoms with van der Waals surface area (Å²) in [6.07, 6.45) is 1.52. The molecule has 4 rings (SSSR count). The van der Waals surface area contributed by atoms with E-state index in [0.29, 0.717) is 17.8 Å². The minimum atomic E-state index is -1.51. The number of aromatic amines is 1. The molecule has 0 spiro atoms. The lowest BCUT2D eigenvalue weighted by atomic mass is 9.97. The summed E-state index contributed by atoms with van der Waals surface area (Å²) in [5.74, 6) is -4.44. The lowest BCUT2D eigenvalue weighted by Gasteiger charge is -2.27. The van der Waals surface area contributed by atoms with E-state index in [4.69, 9.17) is 0 Å². The Kier molecular flexibility index (Phi) is 11.5. The largest absolute Gasteiger partial charge is 0.480 e. The van der Waals surface area contributed by atoms with Gasteiger partial charge in [-0.25, -0.2) is 10.3 Å². The second kappa shape index (κ2) is 15.9. The summed E-state index contributed by atoms with van der Waals surface area (Å²) in [4.78, 5) is 52.5. The smallest absolute Gasteiger partial charge is 0.328 e. The SMILES string of the molecule is CCCCC(=O)N(Cc1ccc(-c2ccccc2-c2nn[nH]n2)cc1)CC(NC(=O)C(Cc1ccccc1)C(=O)NO)C(=O)O. The van der Waals surface area contributed by atoms with Gasteiger partial charge in [0.15, 0.2) is 0 Å². The molecule has 13 heteroatoms. The van der Waals surface area contributed by atoms with Crippen LogP contribution in [0.2, 0.25) is 0 Å². The summed E-state index contributed by atoms with van der Waals surface area (Å²) in [6.45, 7) is 1.71. The van der Waals surface area contributed by atoms with Crippen LogP contribution in [0.3, 0.4) is 0 Å². The molecule has 2 atom stereocenters. The molecule has 5 N–H and O–H groups in total. The van der Waals surface area contributed by atoms with Crippen LogP contribution in [0.15, 0.2) is 78.9 Å². The number of hydrogen-bond acceptors (Lipinski definition) is 8. The van der Waals surface area contributed by atoms with Crippen LogP contribution in [0.5, 0.6) is 0 Å². The van der Waals surface area contributed by atoms with Crippen molar-refractivity contribution in [1.29, 1.82) is 0 Å². The number of tetrazole rings is 1. The van der Waals surface area contributed by atoms with E-state index in [0.717, 1.165) is 28.7 Å². The molecule has 0 bridgehead atoms. The standard InChI is InChI=1S/C32H35N7O6/c1-2-3-13-28(40)39(19-22-14-16-23(17-15-22)24-11-7-8-12-25(24)29-34-37-38-35-29)20-27(32(43)44)33-30(41)26(31(42)36-45)18-21-9-5-4-6-10-21/h4-12,14-17,26-27,45H,2-3,13,18-20H2,1H3,(H,33,41)(H,36,42)(H,43,44)(H,34,35,37,38). The third-order valence-corrected chi connectivity index (χ3v) is 7.29. The molecule has 45 heavy (non-hydrogen) atoms. The zero-order valence-corrected chi connectivity index (χ0v) is 24.7. The molecule has 0 aliphatic carbocycles. The maximum atomic E-state index is 13.2. The number of amides is 3. The Hall–Kier alpha value is -5.43. The van der Waals surface area contributed by atoms with Gasteiger partial charge in [-0.15, -0.1) is 10.2 Å². The van der Waals surface area contributed by atoms with Gasteiger partial charge in [0.25, 0.3) is 5.91 Å². The quantitative estimate of drug-likeness (QED) is 0.0762. The van der Waals surface area contributed by atoms with Gasteiger partial charge in [-0.05, 0) is 40.3 Å². The van der Waals surface area contributed by atoms with Crippen molar-refractivity contribution in [3.05, 3.63) is 90.0 Å². The fourth-order valence-corrected chi connectivity index (χ4v) is 4.87. The minimum absolute atomic E-state index is 0.0627. The maximum Gasteiger partial charge on any atom is 0.328 e. The number of nitrogens with zero attached hydrogens (tertiary/aromatic N) is 4. The van der Waals surface area contributed by atoms with Crippen molar-refractivity contribution >= 4 is 23.7 Å². The van der Waals surface area contributed by atoms with Crippen LogP contribution < -0.4 is 10.8 Å². The zero-order valence-electron chi connectivity index (χ0n) is 24.7. The highest BCUT2D eigenvalue weighted by Crippen LogP contribution is 2.30. The molecular weight excluding hydrogens is 578 g/mol. The first-order valence-electron chi connectivity index (χ1n) is 14.5. The van der Waals surface area contributed by atoms with Crippen LogP contribution in [0.1, 0.15) is 37.3 Å². The highest BCUT2D eigenvalue weighted by atomic mass is 16.5. The Morgan fingerprint density at radius 1 is 0.889 bits per heavy atom.